The van der Waals surface area contributed by atoms with Gasteiger partial charge in [0.1, 0.15) is 12.2 Å². The minimum Gasteiger partial charge on any atom is -0.457 e. The summed E-state index contributed by atoms with van der Waals surface area (Å²) in [7, 11) is 0. The van der Waals surface area contributed by atoms with Gasteiger partial charge in [0.05, 0.1) is 5.56 Å². The van der Waals surface area contributed by atoms with Gasteiger partial charge in [-0.2, -0.15) is 0 Å². The summed E-state index contributed by atoms with van der Waals surface area (Å²) >= 11 is 0. The molecule has 4 heteroatoms. The third-order valence-electron chi connectivity index (χ3n) is 4.06. The summed E-state index contributed by atoms with van der Waals surface area (Å²) in [5, 5.41) is 0.787. The Balaban J connectivity index is 1.91. The summed E-state index contributed by atoms with van der Waals surface area (Å²) in [5.41, 5.74) is 4.31. The molecule has 0 N–H and O–H groups in total. The zero-order chi connectivity index (χ0) is 17.3. The van der Waals surface area contributed by atoms with Crippen LogP contribution in [-0.2, 0) is 11.3 Å². The molecule has 4 nitrogen and oxygen atoms in total. The summed E-state index contributed by atoms with van der Waals surface area (Å²) in [6.07, 6.45) is 0. The largest absolute Gasteiger partial charge is 0.457 e. The average molecular weight is 322 g/mol. The van der Waals surface area contributed by atoms with Crippen molar-refractivity contribution in [2.45, 2.75) is 27.4 Å². The van der Waals surface area contributed by atoms with Gasteiger partial charge in [0.2, 0.25) is 0 Å². The first-order valence-corrected chi connectivity index (χ1v) is 7.72. The van der Waals surface area contributed by atoms with Crippen molar-refractivity contribution >= 4 is 16.9 Å². The van der Waals surface area contributed by atoms with E-state index < -0.39 is 11.6 Å². The summed E-state index contributed by atoms with van der Waals surface area (Å²) in [4.78, 5) is 23.9. The third kappa shape index (κ3) is 3.23. The Morgan fingerprint density at radius 1 is 1.04 bits per heavy atom. The van der Waals surface area contributed by atoms with Gasteiger partial charge in [0.25, 0.3) is 0 Å². The van der Waals surface area contributed by atoms with Gasteiger partial charge in [-0.05, 0) is 56.2 Å². The fourth-order valence-corrected chi connectivity index (χ4v) is 2.60. The molecule has 0 aliphatic heterocycles. The van der Waals surface area contributed by atoms with Gasteiger partial charge in [-0.1, -0.05) is 17.7 Å². The van der Waals surface area contributed by atoms with E-state index in [2.05, 4.69) is 0 Å². The monoisotopic (exact) mass is 322 g/mol. The molecule has 0 amide bonds. The highest BCUT2D eigenvalue weighted by Gasteiger charge is 2.12. The Bertz CT molecular complexity index is 983. The molecular weight excluding hydrogens is 304 g/mol. The van der Waals surface area contributed by atoms with Gasteiger partial charge < -0.3 is 9.15 Å². The van der Waals surface area contributed by atoms with Gasteiger partial charge in [0, 0.05) is 17.0 Å². The minimum atomic E-state index is -0.452. The van der Waals surface area contributed by atoms with E-state index in [9.17, 15) is 9.59 Å². The second-order valence-corrected chi connectivity index (χ2v) is 5.97. The fourth-order valence-electron chi connectivity index (χ4n) is 2.60. The molecule has 0 aliphatic carbocycles. The molecule has 0 radical (unpaired) electrons. The Morgan fingerprint density at radius 2 is 1.79 bits per heavy atom. The first-order valence-electron chi connectivity index (χ1n) is 7.72. The maximum atomic E-state index is 12.2. The number of rotatable bonds is 3. The molecule has 0 spiro atoms. The number of fused-ring (bicyclic) bond motifs is 1. The highest BCUT2D eigenvalue weighted by atomic mass is 16.5. The molecule has 0 bridgehead atoms. The van der Waals surface area contributed by atoms with Crippen LogP contribution in [-0.4, -0.2) is 5.97 Å². The molecule has 0 unspecified atom stereocenters. The molecular formula is C20H18O4. The molecule has 0 saturated heterocycles. The standard InChI is InChI=1S/C20H18O4/c1-12-5-4-6-15(7-12)20(22)23-11-16-10-19(21)24-18-9-14(3)13(2)8-17(16)18/h4-10H,11H2,1-3H3. The van der Waals surface area contributed by atoms with Crippen LogP contribution >= 0.6 is 0 Å². The van der Waals surface area contributed by atoms with E-state index in [1.54, 1.807) is 12.1 Å². The third-order valence-corrected chi connectivity index (χ3v) is 4.06. The van der Waals surface area contributed by atoms with Crippen molar-refractivity contribution in [3.63, 3.8) is 0 Å². The second-order valence-electron chi connectivity index (χ2n) is 5.97. The number of carbonyl (C=O) groups is 1. The lowest BCUT2D eigenvalue weighted by atomic mass is 10.0. The van der Waals surface area contributed by atoms with Crippen molar-refractivity contribution in [2.75, 3.05) is 0 Å². The van der Waals surface area contributed by atoms with E-state index in [1.165, 1.54) is 6.07 Å². The zero-order valence-corrected chi connectivity index (χ0v) is 13.9. The first kappa shape index (κ1) is 16.0. The van der Waals surface area contributed by atoms with E-state index in [1.807, 2.05) is 45.0 Å². The SMILES string of the molecule is Cc1cccc(C(=O)OCc2cc(=O)oc3cc(C)c(C)cc23)c1. The predicted molar refractivity (Wildman–Crippen MR) is 92.3 cm³/mol. The van der Waals surface area contributed by atoms with Crippen LogP contribution in [0.5, 0.6) is 0 Å². The van der Waals surface area contributed by atoms with Crippen LogP contribution < -0.4 is 5.63 Å². The van der Waals surface area contributed by atoms with E-state index in [0.717, 1.165) is 22.1 Å². The van der Waals surface area contributed by atoms with Crippen molar-refractivity contribution in [3.8, 4) is 0 Å². The number of ether oxygens (including phenoxy) is 1. The molecule has 2 aromatic carbocycles. The fraction of sp³-hybridized carbons (Fsp3) is 0.200. The van der Waals surface area contributed by atoms with Crippen LogP contribution in [0, 0.1) is 20.8 Å². The molecule has 1 heterocycles. The molecule has 1 aromatic heterocycles. The summed E-state index contributed by atoms with van der Waals surface area (Å²) in [6, 6.07) is 12.4. The molecule has 3 aromatic rings. The maximum Gasteiger partial charge on any atom is 0.338 e. The van der Waals surface area contributed by atoms with Crippen LogP contribution in [0.25, 0.3) is 11.0 Å². The normalized spacial score (nSPS) is 10.8. The van der Waals surface area contributed by atoms with Crippen LogP contribution in [0.1, 0.15) is 32.6 Å². The topological polar surface area (TPSA) is 56.5 Å². The van der Waals surface area contributed by atoms with Crippen molar-refractivity contribution in [2.24, 2.45) is 0 Å². The number of hydrogen-bond donors (Lipinski definition) is 0. The van der Waals surface area contributed by atoms with Crippen molar-refractivity contribution in [1.82, 2.24) is 0 Å². The summed E-state index contributed by atoms with van der Waals surface area (Å²) in [6.45, 7) is 5.89. The number of benzene rings is 2. The van der Waals surface area contributed by atoms with E-state index >= 15 is 0 Å². The first-order chi connectivity index (χ1) is 11.4. The predicted octanol–water partition coefficient (Wildman–Crippen LogP) is 4.08. The zero-order valence-electron chi connectivity index (χ0n) is 13.9. The molecule has 24 heavy (non-hydrogen) atoms. The van der Waals surface area contributed by atoms with E-state index in [-0.39, 0.29) is 6.61 Å². The quantitative estimate of drug-likeness (QED) is 0.538. The molecule has 0 aliphatic rings. The lowest BCUT2D eigenvalue weighted by Gasteiger charge is -2.09. The Morgan fingerprint density at radius 3 is 2.54 bits per heavy atom. The summed E-state index contributed by atoms with van der Waals surface area (Å²) < 4.78 is 10.6. The van der Waals surface area contributed by atoms with Crippen LogP contribution in [0.15, 0.2) is 51.7 Å². The van der Waals surface area contributed by atoms with Crippen molar-refractivity contribution in [3.05, 3.63) is 80.7 Å². The Labute approximate surface area is 139 Å². The van der Waals surface area contributed by atoms with Gasteiger partial charge in [-0.25, -0.2) is 9.59 Å². The van der Waals surface area contributed by atoms with Gasteiger partial charge in [-0.3, -0.25) is 0 Å². The number of carbonyl (C=O) groups excluding carboxylic acids is 1. The second kappa shape index (κ2) is 6.32. The van der Waals surface area contributed by atoms with Crippen LogP contribution in [0.4, 0.5) is 0 Å². The summed E-state index contributed by atoms with van der Waals surface area (Å²) in [5.74, 6) is -0.413. The number of hydrogen-bond acceptors (Lipinski definition) is 4. The highest BCUT2D eigenvalue weighted by molar-refractivity contribution is 5.90. The van der Waals surface area contributed by atoms with Gasteiger partial charge in [0.15, 0.2) is 0 Å². The minimum absolute atomic E-state index is 0.0252. The van der Waals surface area contributed by atoms with E-state index in [0.29, 0.717) is 16.7 Å². The van der Waals surface area contributed by atoms with Gasteiger partial charge >= 0.3 is 11.6 Å². The van der Waals surface area contributed by atoms with Gasteiger partial charge in [-0.15, -0.1) is 0 Å². The lowest BCUT2D eigenvalue weighted by Crippen LogP contribution is -2.08. The maximum absolute atomic E-state index is 12.2. The van der Waals surface area contributed by atoms with Crippen LogP contribution in [0.2, 0.25) is 0 Å². The smallest absolute Gasteiger partial charge is 0.338 e. The average Bonchev–Trinajstić information content (AvgIpc) is 2.54. The molecule has 122 valence electrons. The lowest BCUT2D eigenvalue weighted by molar-refractivity contribution is 0.0473. The van der Waals surface area contributed by atoms with Crippen molar-refractivity contribution < 1.29 is 13.9 Å². The molecule has 0 saturated carbocycles. The Hall–Kier alpha value is -2.88. The Kier molecular flexibility index (Phi) is 4.21. The molecule has 0 atom stereocenters. The van der Waals surface area contributed by atoms with E-state index in [4.69, 9.17) is 9.15 Å². The molecule has 3 rings (SSSR count). The molecule has 0 fully saturated rings. The van der Waals surface area contributed by atoms with Crippen molar-refractivity contribution in [1.29, 1.82) is 0 Å². The number of esters is 1. The number of aryl methyl sites for hydroxylation is 3. The highest BCUT2D eigenvalue weighted by Crippen LogP contribution is 2.22. The van der Waals surface area contributed by atoms with Crippen LogP contribution in [0.3, 0.4) is 0 Å².